The first-order valence-electron chi connectivity index (χ1n) is 6.30. The van der Waals surface area contributed by atoms with E-state index in [0.29, 0.717) is 28.6 Å². The fourth-order valence-electron chi connectivity index (χ4n) is 1.58. The lowest BCUT2D eigenvalue weighted by molar-refractivity contribution is 0.466. The first-order valence-corrected chi connectivity index (χ1v) is 8.16. The molecule has 0 bridgehead atoms. The Balaban J connectivity index is 1.70. The van der Waals surface area contributed by atoms with E-state index in [4.69, 9.17) is 10.2 Å². The lowest BCUT2D eigenvalue weighted by atomic mass is 10.5. The number of rotatable bonds is 5. The van der Waals surface area contributed by atoms with E-state index in [2.05, 4.69) is 25.1 Å². The molecule has 0 aliphatic heterocycles. The largest absolute Gasteiger partial charge is 0.410 e. The second-order valence-corrected chi connectivity index (χ2v) is 6.32. The van der Waals surface area contributed by atoms with E-state index in [1.807, 2.05) is 31.6 Å². The molecule has 0 saturated heterocycles. The number of nitrogens with zero attached hydrogens (tertiary/aromatic N) is 6. The molecule has 22 heavy (non-hydrogen) atoms. The van der Waals surface area contributed by atoms with Crippen LogP contribution in [0.4, 0.5) is 11.9 Å². The predicted octanol–water partition coefficient (Wildman–Crippen LogP) is 1.92. The molecule has 114 valence electrons. The highest BCUT2D eigenvalue weighted by molar-refractivity contribution is 7.98. The maximum atomic E-state index is 5.69. The van der Waals surface area contributed by atoms with Crippen LogP contribution in [0, 0.1) is 0 Å². The van der Waals surface area contributed by atoms with E-state index in [9.17, 15) is 0 Å². The predicted molar refractivity (Wildman–Crippen MR) is 85.7 cm³/mol. The first-order chi connectivity index (χ1) is 10.6. The van der Waals surface area contributed by atoms with Crippen molar-refractivity contribution >= 4 is 35.0 Å². The van der Waals surface area contributed by atoms with Gasteiger partial charge in [-0.15, -0.1) is 21.5 Å². The molecular formula is C12H13N7OS2. The molecule has 8 nitrogen and oxygen atoms in total. The van der Waals surface area contributed by atoms with Gasteiger partial charge in [-0.25, -0.2) is 0 Å². The maximum Gasteiger partial charge on any atom is 0.277 e. The summed E-state index contributed by atoms with van der Waals surface area (Å²) in [6, 6.07) is 3.87. The fourth-order valence-corrected chi connectivity index (χ4v) is 2.85. The molecule has 3 aromatic rings. The van der Waals surface area contributed by atoms with Crippen molar-refractivity contribution in [3.8, 4) is 10.8 Å². The van der Waals surface area contributed by atoms with Crippen molar-refractivity contribution in [2.45, 2.75) is 11.0 Å². The minimum absolute atomic E-state index is 0.194. The lowest BCUT2D eigenvalue weighted by Gasteiger charge is -2.10. The van der Waals surface area contributed by atoms with Gasteiger partial charge in [0, 0.05) is 14.1 Å². The Bertz CT molecular complexity index is 757. The first kappa shape index (κ1) is 14.7. The molecule has 0 unspecified atom stereocenters. The summed E-state index contributed by atoms with van der Waals surface area (Å²) in [7, 11) is 3.69. The molecule has 0 amide bonds. The molecule has 0 spiro atoms. The van der Waals surface area contributed by atoms with Crippen molar-refractivity contribution in [3.63, 3.8) is 0 Å². The number of nitrogens with two attached hydrogens (primary N) is 1. The molecule has 0 aliphatic rings. The summed E-state index contributed by atoms with van der Waals surface area (Å²) in [6.07, 6.45) is 0. The molecule has 3 aromatic heterocycles. The Morgan fingerprint density at radius 2 is 2.14 bits per heavy atom. The molecule has 0 aliphatic carbocycles. The summed E-state index contributed by atoms with van der Waals surface area (Å²) < 4.78 is 5.60. The van der Waals surface area contributed by atoms with Crippen LogP contribution < -0.4 is 10.6 Å². The van der Waals surface area contributed by atoms with Crippen LogP contribution in [-0.4, -0.2) is 39.2 Å². The van der Waals surface area contributed by atoms with Crippen molar-refractivity contribution in [2.75, 3.05) is 24.7 Å². The van der Waals surface area contributed by atoms with E-state index in [-0.39, 0.29) is 5.95 Å². The zero-order valence-corrected chi connectivity index (χ0v) is 13.6. The third-order valence-corrected chi connectivity index (χ3v) is 4.22. The number of hydrogen-bond acceptors (Lipinski definition) is 10. The summed E-state index contributed by atoms with van der Waals surface area (Å²) in [5.74, 6) is 2.27. The second-order valence-electron chi connectivity index (χ2n) is 4.44. The zero-order chi connectivity index (χ0) is 15.5. The van der Waals surface area contributed by atoms with Crippen molar-refractivity contribution in [2.24, 2.45) is 0 Å². The topological polar surface area (TPSA) is 107 Å². The Kier molecular flexibility index (Phi) is 4.20. The van der Waals surface area contributed by atoms with E-state index in [1.165, 1.54) is 11.8 Å². The quantitative estimate of drug-likeness (QED) is 0.700. The van der Waals surface area contributed by atoms with Crippen LogP contribution in [0.15, 0.2) is 27.2 Å². The highest BCUT2D eigenvalue weighted by Crippen LogP contribution is 2.27. The normalized spacial score (nSPS) is 10.8. The third kappa shape index (κ3) is 3.34. The zero-order valence-electron chi connectivity index (χ0n) is 11.9. The molecule has 0 fully saturated rings. The van der Waals surface area contributed by atoms with Crippen LogP contribution in [0.2, 0.25) is 0 Å². The van der Waals surface area contributed by atoms with Gasteiger partial charge in [0.2, 0.25) is 11.9 Å². The number of aromatic nitrogens is 5. The van der Waals surface area contributed by atoms with Crippen molar-refractivity contribution < 1.29 is 4.42 Å². The summed E-state index contributed by atoms with van der Waals surface area (Å²) >= 11 is 2.91. The van der Waals surface area contributed by atoms with Gasteiger partial charge in [0.05, 0.1) is 10.6 Å². The van der Waals surface area contributed by atoms with Crippen LogP contribution in [-0.2, 0) is 5.75 Å². The standard InChI is InChI=1S/C12H13N7OS2/c1-19(2)11-15-8(14-10(13)16-11)6-22-12-18-17-9(20-12)7-4-3-5-21-7/h3-5H,6H2,1-2H3,(H2,13,14,15,16). The Hall–Kier alpha value is -2.20. The van der Waals surface area contributed by atoms with Gasteiger partial charge in [-0.05, 0) is 11.4 Å². The number of anilines is 2. The average Bonchev–Trinajstić information content (AvgIpc) is 3.15. The van der Waals surface area contributed by atoms with E-state index in [0.717, 1.165) is 4.88 Å². The summed E-state index contributed by atoms with van der Waals surface area (Å²) in [4.78, 5) is 15.2. The summed E-state index contributed by atoms with van der Waals surface area (Å²) in [5, 5.41) is 10.5. The van der Waals surface area contributed by atoms with Gasteiger partial charge in [-0.3, -0.25) is 0 Å². The summed E-state index contributed by atoms with van der Waals surface area (Å²) in [6.45, 7) is 0. The van der Waals surface area contributed by atoms with Crippen LogP contribution in [0.25, 0.3) is 10.8 Å². The molecule has 0 aromatic carbocycles. The number of thioether (sulfide) groups is 1. The van der Waals surface area contributed by atoms with Crippen LogP contribution in [0.1, 0.15) is 5.82 Å². The molecule has 3 rings (SSSR count). The molecule has 0 saturated carbocycles. The van der Waals surface area contributed by atoms with Gasteiger partial charge in [-0.1, -0.05) is 17.8 Å². The molecule has 10 heteroatoms. The average molecular weight is 335 g/mol. The van der Waals surface area contributed by atoms with Crippen molar-refractivity contribution in [1.29, 1.82) is 0 Å². The molecule has 2 N–H and O–H groups in total. The smallest absolute Gasteiger partial charge is 0.277 e. The maximum absolute atomic E-state index is 5.69. The Morgan fingerprint density at radius 1 is 1.27 bits per heavy atom. The van der Waals surface area contributed by atoms with Crippen LogP contribution in [0.5, 0.6) is 0 Å². The second kappa shape index (κ2) is 6.28. The van der Waals surface area contributed by atoms with Gasteiger partial charge < -0.3 is 15.1 Å². The van der Waals surface area contributed by atoms with Crippen LogP contribution >= 0.6 is 23.1 Å². The fraction of sp³-hybridized carbons (Fsp3) is 0.250. The molecule has 0 atom stereocenters. The Morgan fingerprint density at radius 3 is 2.86 bits per heavy atom. The highest BCUT2D eigenvalue weighted by atomic mass is 32.2. The molecule has 3 heterocycles. The molecular weight excluding hydrogens is 322 g/mol. The van der Waals surface area contributed by atoms with E-state index >= 15 is 0 Å². The monoisotopic (exact) mass is 335 g/mol. The minimum Gasteiger partial charge on any atom is -0.410 e. The Labute approximate surface area is 134 Å². The lowest BCUT2D eigenvalue weighted by Crippen LogP contribution is -2.15. The van der Waals surface area contributed by atoms with Gasteiger partial charge >= 0.3 is 0 Å². The SMILES string of the molecule is CN(C)c1nc(N)nc(CSc2nnc(-c3cccs3)o2)n1. The number of hydrogen-bond donors (Lipinski definition) is 1. The van der Waals surface area contributed by atoms with Gasteiger partial charge in [-0.2, -0.15) is 15.0 Å². The van der Waals surface area contributed by atoms with Crippen LogP contribution in [0.3, 0.4) is 0 Å². The van der Waals surface area contributed by atoms with Gasteiger partial charge in [0.25, 0.3) is 11.1 Å². The summed E-state index contributed by atoms with van der Waals surface area (Å²) in [5.41, 5.74) is 5.69. The minimum atomic E-state index is 0.194. The van der Waals surface area contributed by atoms with Crippen molar-refractivity contribution in [3.05, 3.63) is 23.3 Å². The number of thiophene rings is 1. The molecule has 0 radical (unpaired) electrons. The van der Waals surface area contributed by atoms with E-state index < -0.39 is 0 Å². The number of nitrogen functional groups attached to an aromatic ring is 1. The van der Waals surface area contributed by atoms with Crippen molar-refractivity contribution in [1.82, 2.24) is 25.1 Å². The van der Waals surface area contributed by atoms with E-state index in [1.54, 1.807) is 16.2 Å². The highest BCUT2D eigenvalue weighted by Gasteiger charge is 2.12. The van der Waals surface area contributed by atoms with Gasteiger partial charge in [0.1, 0.15) is 5.82 Å². The van der Waals surface area contributed by atoms with Gasteiger partial charge in [0.15, 0.2) is 0 Å². The third-order valence-electron chi connectivity index (χ3n) is 2.55.